The van der Waals surface area contributed by atoms with Crippen LogP contribution in [0, 0.1) is 0 Å². The second-order valence-electron chi connectivity index (χ2n) is 3.22. The maximum Gasteiger partial charge on any atom is 0.537 e. The van der Waals surface area contributed by atoms with Gasteiger partial charge in [0.1, 0.15) is 0 Å². The molecule has 0 aromatic heterocycles. The Morgan fingerprint density at radius 1 is 1.18 bits per heavy atom. The number of imide groups is 1. The van der Waals surface area contributed by atoms with Crippen LogP contribution in [0.3, 0.4) is 0 Å². The van der Waals surface area contributed by atoms with Crippen molar-refractivity contribution in [3.05, 3.63) is 0 Å². The number of nitrogens with zero attached hydrogens (tertiary/aromatic N) is 1. The third-order valence-corrected chi connectivity index (χ3v) is 1.77. The van der Waals surface area contributed by atoms with Crippen molar-refractivity contribution in [2.24, 2.45) is 0 Å². The summed E-state index contributed by atoms with van der Waals surface area (Å²) < 4.78 is 8.96. The van der Waals surface area contributed by atoms with Crippen LogP contribution >= 0.6 is 0 Å². The minimum atomic E-state index is -1.29. The molecule has 0 N–H and O–H groups in total. The first-order valence-electron chi connectivity index (χ1n) is 4.81. The SMILES string of the molecule is CC(=O)OC(C)OC(=O)ON1C(=O)CCC1=O. The summed E-state index contributed by atoms with van der Waals surface area (Å²) in [4.78, 5) is 48.1. The van der Waals surface area contributed by atoms with Crippen LogP contribution in [0.4, 0.5) is 4.79 Å². The number of hydroxylamine groups is 2. The zero-order valence-corrected chi connectivity index (χ0v) is 9.30. The summed E-state index contributed by atoms with van der Waals surface area (Å²) in [6.45, 7) is 2.43. The van der Waals surface area contributed by atoms with Gasteiger partial charge in [-0.3, -0.25) is 19.2 Å². The van der Waals surface area contributed by atoms with Crippen molar-refractivity contribution < 1.29 is 33.5 Å². The van der Waals surface area contributed by atoms with Crippen molar-refractivity contribution in [2.45, 2.75) is 33.0 Å². The molecule has 1 unspecified atom stereocenters. The molecule has 17 heavy (non-hydrogen) atoms. The second-order valence-corrected chi connectivity index (χ2v) is 3.22. The highest BCUT2D eigenvalue weighted by Crippen LogP contribution is 2.13. The van der Waals surface area contributed by atoms with Gasteiger partial charge in [-0.1, -0.05) is 5.06 Å². The summed E-state index contributed by atoms with van der Waals surface area (Å²) in [5, 5.41) is 0.336. The first kappa shape index (κ1) is 12.9. The smallest absolute Gasteiger partial charge is 0.426 e. The summed E-state index contributed by atoms with van der Waals surface area (Å²) in [5.74, 6) is -1.88. The average Bonchev–Trinajstić information content (AvgIpc) is 2.47. The lowest BCUT2D eigenvalue weighted by atomic mass is 10.4. The molecule has 1 saturated heterocycles. The first-order valence-corrected chi connectivity index (χ1v) is 4.81. The summed E-state index contributed by atoms with van der Waals surface area (Å²) >= 11 is 0. The number of esters is 1. The number of hydrogen-bond donors (Lipinski definition) is 0. The van der Waals surface area contributed by atoms with E-state index in [1.807, 2.05) is 0 Å². The molecule has 0 aliphatic carbocycles. The Bertz CT molecular complexity index is 348. The van der Waals surface area contributed by atoms with E-state index in [1.165, 1.54) is 6.92 Å². The van der Waals surface area contributed by atoms with Crippen molar-refractivity contribution in [2.75, 3.05) is 0 Å². The molecule has 1 heterocycles. The predicted molar refractivity (Wildman–Crippen MR) is 49.9 cm³/mol. The number of hydrogen-bond acceptors (Lipinski definition) is 7. The molecule has 0 spiro atoms. The fraction of sp³-hybridized carbons (Fsp3) is 0.556. The van der Waals surface area contributed by atoms with Crippen molar-refractivity contribution in [3.8, 4) is 0 Å². The number of rotatable bonds is 3. The minimum Gasteiger partial charge on any atom is -0.426 e. The Morgan fingerprint density at radius 3 is 2.18 bits per heavy atom. The van der Waals surface area contributed by atoms with Gasteiger partial charge in [0.05, 0.1) is 0 Å². The highest BCUT2D eigenvalue weighted by atomic mass is 16.9. The van der Waals surface area contributed by atoms with E-state index in [9.17, 15) is 19.2 Å². The number of amides is 2. The van der Waals surface area contributed by atoms with Crippen LogP contribution < -0.4 is 0 Å². The van der Waals surface area contributed by atoms with E-state index in [1.54, 1.807) is 0 Å². The molecule has 8 nitrogen and oxygen atoms in total. The molecule has 1 aliphatic heterocycles. The molecule has 0 saturated carbocycles. The van der Waals surface area contributed by atoms with Crippen LogP contribution in [0.25, 0.3) is 0 Å². The van der Waals surface area contributed by atoms with E-state index in [2.05, 4.69) is 14.3 Å². The molecule has 0 radical (unpaired) electrons. The zero-order chi connectivity index (χ0) is 13.0. The molecule has 8 heteroatoms. The van der Waals surface area contributed by atoms with Crippen molar-refractivity contribution in [3.63, 3.8) is 0 Å². The van der Waals surface area contributed by atoms with E-state index < -0.39 is 30.2 Å². The van der Waals surface area contributed by atoms with Crippen LogP contribution in [-0.4, -0.2) is 35.3 Å². The fourth-order valence-corrected chi connectivity index (χ4v) is 1.15. The summed E-state index contributed by atoms with van der Waals surface area (Å²) in [5.41, 5.74) is 0. The second kappa shape index (κ2) is 5.28. The van der Waals surface area contributed by atoms with Crippen molar-refractivity contribution in [1.82, 2.24) is 5.06 Å². The van der Waals surface area contributed by atoms with Crippen LogP contribution in [0.15, 0.2) is 0 Å². The molecule has 0 bridgehead atoms. The van der Waals surface area contributed by atoms with E-state index >= 15 is 0 Å². The Hall–Kier alpha value is -2.12. The normalized spacial score (nSPS) is 16.7. The van der Waals surface area contributed by atoms with Gasteiger partial charge in [0.15, 0.2) is 0 Å². The fourth-order valence-electron chi connectivity index (χ4n) is 1.15. The highest BCUT2D eigenvalue weighted by molar-refractivity contribution is 6.01. The first-order chi connectivity index (χ1) is 7.90. The molecule has 94 valence electrons. The van der Waals surface area contributed by atoms with E-state index in [-0.39, 0.29) is 12.8 Å². The molecular weight excluding hydrogens is 234 g/mol. The molecule has 0 aromatic rings. The van der Waals surface area contributed by atoms with Gasteiger partial charge in [-0.2, -0.15) is 0 Å². The van der Waals surface area contributed by atoms with Gasteiger partial charge in [-0.15, -0.1) is 0 Å². The van der Waals surface area contributed by atoms with E-state index in [0.29, 0.717) is 5.06 Å². The van der Waals surface area contributed by atoms with Crippen LogP contribution in [-0.2, 0) is 28.7 Å². The van der Waals surface area contributed by atoms with Crippen molar-refractivity contribution >= 4 is 23.9 Å². The average molecular weight is 245 g/mol. The number of carbonyl (C=O) groups excluding carboxylic acids is 4. The maximum absolute atomic E-state index is 11.1. The van der Waals surface area contributed by atoms with Gasteiger partial charge in [-0.05, 0) is 0 Å². The number of ether oxygens (including phenoxy) is 2. The largest absolute Gasteiger partial charge is 0.537 e. The summed E-state index contributed by atoms with van der Waals surface area (Å²) in [6, 6.07) is 0. The standard InChI is InChI=1S/C9H11NO7/c1-5(11)15-6(2)16-9(14)17-10-7(12)3-4-8(10)13/h6H,3-4H2,1-2H3. The van der Waals surface area contributed by atoms with Gasteiger partial charge >= 0.3 is 12.1 Å². The van der Waals surface area contributed by atoms with Crippen molar-refractivity contribution in [1.29, 1.82) is 0 Å². The maximum atomic E-state index is 11.1. The topological polar surface area (TPSA) is 99.2 Å². The monoisotopic (exact) mass is 245 g/mol. The molecule has 0 aromatic carbocycles. The van der Waals surface area contributed by atoms with Gasteiger partial charge in [0.2, 0.25) is 6.29 Å². The lowest BCUT2D eigenvalue weighted by molar-refractivity contribution is -0.190. The Morgan fingerprint density at radius 2 is 1.71 bits per heavy atom. The van der Waals surface area contributed by atoms with Crippen LogP contribution in [0.1, 0.15) is 26.7 Å². The molecule has 1 fully saturated rings. The molecule has 1 atom stereocenters. The van der Waals surface area contributed by atoms with Crippen LogP contribution in [0.5, 0.6) is 0 Å². The van der Waals surface area contributed by atoms with Gasteiger partial charge in [-0.25, -0.2) is 4.79 Å². The minimum absolute atomic E-state index is 0.00832. The van der Waals surface area contributed by atoms with Crippen LogP contribution in [0.2, 0.25) is 0 Å². The molecule has 1 aliphatic rings. The Balaban J connectivity index is 2.41. The summed E-state index contributed by atoms with van der Waals surface area (Å²) in [6.07, 6.45) is -2.47. The molecular formula is C9H11NO7. The van der Waals surface area contributed by atoms with Gasteiger partial charge in [0, 0.05) is 26.7 Å². The summed E-state index contributed by atoms with van der Waals surface area (Å²) in [7, 11) is 0. The predicted octanol–water partition coefficient (Wildman–Crippen LogP) is 0.113. The van der Waals surface area contributed by atoms with E-state index in [4.69, 9.17) is 0 Å². The van der Waals surface area contributed by atoms with Gasteiger partial charge in [0.25, 0.3) is 11.8 Å². The number of carbonyl (C=O) groups is 4. The zero-order valence-electron chi connectivity index (χ0n) is 9.30. The lowest BCUT2D eigenvalue weighted by Crippen LogP contribution is -2.33. The molecule has 1 rings (SSSR count). The third kappa shape index (κ3) is 3.74. The Labute approximate surface area is 96.4 Å². The quantitative estimate of drug-likeness (QED) is 0.395. The van der Waals surface area contributed by atoms with Gasteiger partial charge < -0.3 is 9.47 Å². The third-order valence-electron chi connectivity index (χ3n) is 1.77. The highest BCUT2D eigenvalue weighted by Gasteiger charge is 2.33. The molecule has 2 amide bonds. The Kier molecular flexibility index (Phi) is 4.02. The van der Waals surface area contributed by atoms with E-state index in [0.717, 1.165) is 6.92 Å². The lowest BCUT2D eigenvalue weighted by Gasteiger charge is -2.15.